The van der Waals surface area contributed by atoms with Crippen molar-refractivity contribution in [3.8, 4) is 0 Å². The van der Waals surface area contributed by atoms with Gasteiger partial charge in [-0.2, -0.15) is 4.91 Å². The molecule has 1 saturated heterocycles. The molecule has 2 aliphatic heterocycles. The van der Waals surface area contributed by atoms with Crippen LogP contribution in [-0.4, -0.2) is 48.2 Å². The van der Waals surface area contributed by atoms with E-state index in [2.05, 4.69) is 69.5 Å². The number of alkyl carbamates (subject to hydrolysis) is 2. The van der Waals surface area contributed by atoms with Crippen LogP contribution in [0.4, 0.5) is 15.3 Å². The SMILES string of the molecule is CCC.CNC(=O)OC1CCCC2CC(O)(CCCCCC(C)(C(C)C)Cc3cccc(c3)NC(=O)C1)NC(=O)O2.O=N[S-].[Ce]. The number of nitrogens with zero attached hydrogens (tertiary/aromatic N) is 1. The van der Waals surface area contributed by atoms with Crippen LogP contribution in [0.3, 0.4) is 0 Å². The summed E-state index contributed by atoms with van der Waals surface area (Å²) < 4.78 is 12.7. The van der Waals surface area contributed by atoms with Gasteiger partial charge in [-0.25, -0.2) is 14.2 Å². The summed E-state index contributed by atoms with van der Waals surface area (Å²) in [5.41, 5.74) is 0.676. The van der Waals surface area contributed by atoms with E-state index in [4.69, 9.17) is 14.4 Å². The average molecular weight is 778 g/mol. The Labute approximate surface area is 308 Å². The predicted molar refractivity (Wildman–Crippen MR) is 175 cm³/mol. The second-order valence-corrected chi connectivity index (χ2v) is 12.5. The van der Waals surface area contributed by atoms with Crippen molar-refractivity contribution in [3.63, 3.8) is 0 Å². The van der Waals surface area contributed by atoms with Gasteiger partial charge in [0.15, 0.2) is 0 Å². The number of nitroso groups, excluding NO2 is 1. The number of benzene rings is 1. The first-order valence-electron chi connectivity index (χ1n) is 15.8. The number of nitrogens with one attached hydrogen (secondary N) is 3. The van der Waals surface area contributed by atoms with E-state index in [-0.39, 0.29) is 59.5 Å². The maximum atomic E-state index is 12.9. The number of hydrogen-bond acceptors (Lipinski definition) is 9. The first-order chi connectivity index (χ1) is 20.8. The Kier molecular flexibility index (Phi) is 22.0. The predicted octanol–water partition coefficient (Wildman–Crippen LogP) is 6.90. The molecule has 4 N–H and O–H groups in total. The Morgan fingerprint density at radius 2 is 1.82 bits per heavy atom. The van der Waals surface area contributed by atoms with Crippen molar-refractivity contribution in [2.45, 2.75) is 130 Å². The summed E-state index contributed by atoms with van der Waals surface area (Å²) in [7, 11) is 1.47. The molecule has 3 rings (SSSR count). The van der Waals surface area contributed by atoms with E-state index in [0.29, 0.717) is 38.0 Å². The van der Waals surface area contributed by atoms with Crippen LogP contribution in [0, 0.1) is 58.0 Å². The van der Waals surface area contributed by atoms with Gasteiger partial charge in [-0.05, 0) is 74.0 Å². The van der Waals surface area contributed by atoms with Crippen LogP contribution in [0.5, 0.6) is 0 Å². The first kappa shape index (κ1) is 43.4. The van der Waals surface area contributed by atoms with Gasteiger partial charge in [0.2, 0.25) is 5.91 Å². The molecular formula is C32H53CeN4O7S-. The van der Waals surface area contributed by atoms with Crippen LogP contribution in [-0.2, 0) is 33.5 Å². The van der Waals surface area contributed by atoms with Crippen molar-refractivity contribution in [2.24, 2.45) is 15.9 Å². The van der Waals surface area contributed by atoms with Crippen molar-refractivity contribution in [3.05, 3.63) is 34.7 Å². The van der Waals surface area contributed by atoms with Gasteiger partial charge in [-0.3, -0.25) is 10.1 Å². The van der Waals surface area contributed by atoms with Gasteiger partial charge < -0.3 is 38.0 Å². The Hall–Kier alpha value is -1.61. The van der Waals surface area contributed by atoms with E-state index < -0.39 is 30.1 Å². The molecule has 0 saturated carbocycles. The first-order valence-corrected chi connectivity index (χ1v) is 16.1. The van der Waals surface area contributed by atoms with Crippen molar-refractivity contribution < 1.29 is 70.7 Å². The number of ether oxygens (including phenoxy) is 2. The zero-order valence-electron chi connectivity index (χ0n) is 27.8. The van der Waals surface area contributed by atoms with Crippen molar-refractivity contribution >= 4 is 36.6 Å². The fraction of sp³-hybridized carbons (Fsp3) is 0.719. The van der Waals surface area contributed by atoms with Gasteiger partial charge in [-0.15, -0.1) is 0 Å². The molecule has 13 heteroatoms. The fourth-order valence-corrected chi connectivity index (χ4v) is 5.50. The minimum atomic E-state index is -1.29. The number of hydrogen-bond donors (Lipinski definition) is 4. The van der Waals surface area contributed by atoms with Crippen molar-refractivity contribution in [1.82, 2.24) is 10.6 Å². The molecule has 0 aromatic heterocycles. The zero-order valence-corrected chi connectivity index (χ0v) is 31.7. The molecule has 254 valence electrons. The molecule has 4 atom stereocenters. The van der Waals surface area contributed by atoms with Gasteiger partial charge in [-0.1, -0.05) is 66.0 Å². The summed E-state index contributed by atoms with van der Waals surface area (Å²) in [5.74, 6) is 0.223. The van der Waals surface area contributed by atoms with Crippen LogP contribution in [0.25, 0.3) is 0 Å². The molecule has 1 aromatic carbocycles. The topological polar surface area (TPSA) is 155 Å². The summed E-state index contributed by atoms with van der Waals surface area (Å²) in [6.45, 7) is 11.1. The van der Waals surface area contributed by atoms with E-state index in [1.807, 2.05) is 22.8 Å². The van der Waals surface area contributed by atoms with Crippen molar-refractivity contribution in [2.75, 3.05) is 12.4 Å². The van der Waals surface area contributed by atoms with E-state index >= 15 is 0 Å². The largest absolute Gasteiger partial charge is 0.622 e. The summed E-state index contributed by atoms with van der Waals surface area (Å²) in [6.07, 6.45) is 5.95. The second kappa shape index (κ2) is 22.8. The van der Waals surface area contributed by atoms with Crippen LogP contribution in [0.15, 0.2) is 28.8 Å². The zero-order chi connectivity index (χ0) is 33.2. The minimum absolute atomic E-state index is 0. The van der Waals surface area contributed by atoms with Crippen molar-refractivity contribution in [1.29, 1.82) is 0 Å². The second-order valence-electron chi connectivity index (χ2n) is 12.4. The Morgan fingerprint density at radius 3 is 2.44 bits per heavy atom. The van der Waals surface area contributed by atoms with Gasteiger partial charge in [0.05, 0.1) is 6.42 Å². The molecule has 45 heavy (non-hydrogen) atoms. The average Bonchev–Trinajstić information content (AvgIpc) is 2.92. The maximum Gasteiger partial charge on any atom is 0.409 e. The van der Waals surface area contributed by atoms with Crippen LogP contribution in [0.1, 0.15) is 111 Å². The number of aliphatic hydroxyl groups is 1. The summed E-state index contributed by atoms with van der Waals surface area (Å²) in [5, 5.41) is 19.1. The molecule has 11 nitrogen and oxygen atoms in total. The smallest absolute Gasteiger partial charge is 0.409 e. The van der Waals surface area contributed by atoms with Gasteiger partial charge >= 0.3 is 12.2 Å². The Morgan fingerprint density at radius 1 is 1.18 bits per heavy atom. The normalized spacial score (nSPS) is 25.9. The number of amides is 3. The number of carbonyl (C=O) groups excluding carboxylic acids is 3. The molecule has 3 amide bonds. The van der Waals surface area contributed by atoms with E-state index in [1.165, 1.54) is 13.5 Å². The van der Waals surface area contributed by atoms with E-state index in [1.54, 1.807) is 0 Å². The summed E-state index contributed by atoms with van der Waals surface area (Å²) >= 11 is 3.46. The molecule has 0 aliphatic carbocycles. The van der Waals surface area contributed by atoms with Crippen LogP contribution in [0.2, 0.25) is 0 Å². The summed E-state index contributed by atoms with van der Waals surface area (Å²) in [6, 6.07) is 7.97. The van der Waals surface area contributed by atoms with Gasteiger partial charge in [0.25, 0.3) is 0 Å². The standard InChI is InChI=1S/C29H45N3O6.C3H8.Ce.HNOS/c1-20(2)28(3)14-6-5-7-15-29(36)19-24(38-27(35)32-29)13-9-12-23(37-26(34)30-4)17-25(33)31-22-11-8-10-21(16-22)18-28;1-3-2;;2-1-3/h8,10-11,16,20,23-24,36H,5-7,9,12-15,17-19H2,1-4H3,(H,30,34)(H,31,33)(H,32,35);3H2,1-2H3;;(H,2,3)/p-1. The monoisotopic (exact) mass is 777 g/mol. The number of anilines is 1. The van der Waals surface area contributed by atoms with Gasteiger partial charge in [0.1, 0.15) is 17.9 Å². The molecule has 1 fully saturated rings. The third-order valence-corrected chi connectivity index (χ3v) is 8.17. The third-order valence-electron chi connectivity index (χ3n) is 8.17. The Bertz CT molecular complexity index is 1050. The number of carbonyl (C=O) groups is 3. The van der Waals surface area contributed by atoms with Crippen LogP contribution >= 0.6 is 0 Å². The molecule has 2 heterocycles. The minimum Gasteiger partial charge on any atom is -0.622 e. The number of rotatable bonds is 2. The molecule has 0 spiro atoms. The molecule has 1 aromatic rings. The molecule has 0 radical (unpaired) electrons. The molecule has 4 unspecified atom stereocenters. The third kappa shape index (κ3) is 17.2. The van der Waals surface area contributed by atoms with Gasteiger partial charge in [0, 0.05) is 60.9 Å². The van der Waals surface area contributed by atoms with E-state index in [9.17, 15) is 19.5 Å². The van der Waals surface area contributed by atoms with Crippen LogP contribution < -0.4 is 16.0 Å². The number of fused-ring (bicyclic) bond motifs is 4. The molecular weight excluding hydrogens is 725 g/mol. The van der Waals surface area contributed by atoms with E-state index in [0.717, 1.165) is 43.4 Å². The Balaban J connectivity index is 0.00000256. The quantitative estimate of drug-likeness (QED) is 0.187. The molecule has 4 bridgehead atoms. The fourth-order valence-electron chi connectivity index (χ4n) is 5.50. The molecule has 2 aliphatic rings. The summed E-state index contributed by atoms with van der Waals surface area (Å²) in [4.78, 5) is 45.4. The maximum absolute atomic E-state index is 12.9.